The number of nitrogens with one attached hydrogen (secondary N) is 1. The van der Waals surface area contributed by atoms with Gasteiger partial charge in [-0.15, -0.1) is 21.5 Å². The average molecular weight is 359 g/mol. The van der Waals surface area contributed by atoms with E-state index in [1.807, 2.05) is 17.5 Å². The zero-order valence-corrected chi connectivity index (χ0v) is 14.9. The summed E-state index contributed by atoms with van der Waals surface area (Å²) in [4.78, 5) is 29.7. The van der Waals surface area contributed by atoms with E-state index in [2.05, 4.69) is 20.4 Å². The van der Waals surface area contributed by atoms with Crippen molar-refractivity contribution in [1.29, 1.82) is 0 Å². The predicted molar refractivity (Wildman–Crippen MR) is 91.7 cm³/mol. The minimum absolute atomic E-state index is 0.0680. The number of rotatable bonds is 6. The third-order valence-electron chi connectivity index (χ3n) is 3.68. The third kappa shape index (κ3) is 3.36. The lowest BCUT2D eigenvalue weighted by Crippen LogP contribution is -2.15. The number of ether oxygens (including phenoxy) is 1. The molecular formula is C16H17N5O3S. The van der Waals surface area contributed by atoms with E-state index in [9.17, 15) is 9.59 Å². The molecule has 0 saturated carbocycles. The lowest BCUT2D eigenvalue weighted by atomic mass is 10.1. The Labute approximate surface area is 147 Å². The second-order valence-electron chi connectivity index (χ2n) is 5.39. The number of nitrogens with zero attached hydrogens (tertiary/aromatic N) is 4. The van der Waals surface area contributed by atoms with Gasteiger partial charge < -0.3 is 9.72 Å². The van der Waals surface area contributed by atoms with Gasteiger partial charge in [0.05, 0.1) is 22.7 Å². The first-order chi connectivity index (χ1) is 12.0. The monoisotopic (exact) mass is 359 g/mol. The molecule has 3 heterocycles. The van der Waals surface area contributed by atoms with Crippen LogP contribution in [0.5, 0.6) is 0 Å². The molecule has 0 amide bonds. The van der Waals surface area contributed by atoms with Gasteiger partial charge in [-0.05, 0) is 43.0 Å². The first kappa shape index (κ1) is 17.0. The SMILES string of the molecule is CCOC(=O)c1c(C)[nH]c(C(=O)Cn2nnc(-c3cccs3)n2)c1C. The molecule has 0 saturated heterocycles. The lowest BCUT2D eigenvalue weighted by molar-refractivity contribution is 0.0525. The summed E-state index contributed by atoms with van der Waals surface area (Å²) < 4.78 is 5.04. The molecule has 130 valence electrons. The van der Waals surface area contributed by atoms with E-state index in [4.69, 9.17) is 4.74 Å². The second-order valence-corrected chi connectivity index (χ2v) is 6.34. The molecule has 8 nitrogen and oxygen atoms in total. The highest BCUT2D eigenvalue weighted by Crippen LogP contribution is 2.21. The van der Waals surface area contributed by atoms with Crippen LogP contribution in [0.1, 0.15) is 39.0 Å². The fourth-order valence-electron chi connectivity index (χ4n) is 2.56. The quantitative estimate of drug-likeness (QED) is 0.535. The van der Waals surface area contributed by atoms with Crippen LogP contribution < -0.4 is 0 Å². The highest BCUT2D eigenvalue weighted by Gasteiger charge is 2.23. The Balaban J connectivity index is 1.80. The highest BCUT2D eigenvalue weighted by atomic mass is 32.1. The van der Waals surface area contributed by atoms with Crippen molar-refractivity contribution in [2.75, 3.05) is 6.61 Å². The van der Waals surface area contributed by atoms with Crippen LogP contribution in [-0.4, -0.2) is 43.6 Å². The molecule has 0 aliphatic rings. The van der Waals surface area contributed by atoms with Crippen LogP contribution in [0.4, 0.5) is 0 Å². The Hall–Kier alpha value is -2.81. The van der Waals surface area contributed by atoms with E-state index in [0.29, 0.717) is 28.3 Å². The Kier molecular flexibility index (Phi) is 4.75. The van der Waals surface area contributed by atoms with E-state index in [1.165, 1.54) is 16.1 Å². The molecule has 0 fully saturated rings. The molecule has 25 heavy (non-hydrogen) atoms. The number of carbonyl (C=O) groups excluding carboxylic acids is 2. The zero-order chi connectivity index (χ0) is 18.0. The topological polar surface area (TPSA) is 103 Å². The van der Waals surface area contributed by atoms with Crippen LogP contribution in [0.2, 0.25) is 0 Å². The Morgan fingerprint density at radius 2 is 2.16 bits per heavy atom. The standard InChI is InChI=1S/C16H17N5O3S/c1-4-24-16(23)13-9(2)14(17-10(13)3)11(22)8-21-19-15(18-20-21)12-6-5-7-25-12/h5-7,17H,4,8H2,1-3H3. The van der Waals surface area contributed by atoms with E-state index in [-0.39, 0.29) is 18.9 Å². The van der Waals surface area contributed by atoms with Crippen LogP contribution in [0.15, 0.2) is 17.5 Å². The largest absolute Gasteiger partial charge is 0.462 e. The third-order valence-corrected chi connectivity index (χ3v) is 4.54. The number of aromatic amines is 1. The van der Waals surface area contributed by atoms with Crippen LogP contribution >= 0.6 is 11.3 Å². The molecule has 0 spiro atoms. The van der Waals surface area contributed by atoms with Gasteiger partial charge >= 0.3 is 5.97 Å². The zero-order valence-electron chi connectivity index (χ0n) is 14.1. The number of ketones is 1. The first-order valence-electron chi connectivity index (χ1n) is 7.72. The number of tetrazole rings is 1. The van der Waals surface area contributed by atoms with Crippen molar-refractivity contribution in [2.45, 2.75) is 27.3 Å². The van der Waals surface area contributed by atoms with Gasteiger partial charge in [-0.25, -0.2) is 4.79 Å². The summed E-state index contributed by atoms with van der Waals surface area (Å²) in [5, 5.41) is 14.0. The number of esters is 1. The number of hydrogen-bond acceptors (Lipinski definition) is 7. The number of Topliss-reactive ketones (excluding diaryl/α,β-unsaturated/α-hetero) is 1. The van der Waals surface area contributed by atoms with Crippen LogP contribution in [0, 0.1) is 13.8 Å². The van der Waals surface area contributed by atoms with Crippen molar-refractivity contribution in [2.24, 2.45) is 0 Å². The molecule has 0 atom stereocenters. The summed E-state index contributed by atoms with van der Waals surface area (Å²) in [5.74, 6) is -0.188. The van der Waals surface area contributed by atoms with Crippen molar-refractivity contribution in [3.05, 3.63) is 40.0 Å². The van der Waals surface area contributed by atoms with Gasteiger partial charge in [0.2, 0.25) is 11.6 Å². The van der Waals surface area contributed by atoms with Crippen molar-refractivity contribution in [1.82, 2.24) is 25.2 Å². The summed E-state index contributed by atoms with van der Waals surface area (Å²) in [7, 11) is 0. The molecule has 1 N–H and O–H groups in total. The van der Waals surface area contributed by atoms with Gasteiger partial charge in [0, 0.05) is 5.69 Å². The molecule has 3 aromatic heterocycles. The lowest BCUT2D eigenvalue weighted by Gasteiger charge is -2.02. The molecule has 3 aromatic rings. The smallest absolute Gasteiger partial charge is 0.340 e. The maximum absolute atomic E-state index is 12.6. The highest BCUT2D eigenvalue weighted by molar-refractivity contribution is 7.13. The summed E-state index contributed by atoms with van der Waals surface area (Å²) >= 11 is 1.50. The van der Waals surface area contributed by atoms with Gasteiger partial charge in [-0.1, -0.05) is 6.07 Å². The molecule has 0 radical (unpaired) electrons. The van der Waals surface area contributed by atoms with Gasteiger partial charge in [0.25, 0.3) is 0 Å². The van der Waals surface area contributed by atoms with E-state index in [0.717, 1.165) is 4.88 Å². The predicted octanol–water partition coefficient (Wildman–Crippen LogP) is 2.41. The van der Waals surface area contributed by atoms with Crippen LogP contribution in [-0.2, 0) is 11.3 Å². The van der Waals surface area contributed by atoms with Gasteiger partial charge in [0.1, 0.15) is 6.54 Å². The molecule has 3 rings (SSSR count). The van der Waals surface area contributed by atoms with E-state index < -0.39 is 5.97 Å². The fourth-order valence-corrected chi connectivity index (χ4v) is 3.21. The number of carbonyl (C=O) groups is 2. The number of aromatic nitrogens is 5. The summed E-state index contributed by atoms with van der Waals surface area (Å²) in [6.45, 7) is 5.40. The molecule has 0 aliphatic carbocycles. The molecular weight excluding hydrogens is 342 g/mol. The number of thiophene rings is 1. The maximum Gasteiger partial charge on any atom is 0.340 e. The molecule has 0 aliphatic heterocycles. The fraction of sp³-hybridized carbons (Fsp3) is 0.312. The van der Waals surface area contributed by atoms with Crippen molar-refractivity contribution >= 4 is 23.1 Å². The average Bonchev–Trinajstić information content (AvgIpc) is 3.28. The maximum atomic E-state index is 12.6. The first-order valence-corrected chi connectivity index (χ1v) is 8.60. The molecule has 0 unspecified atom stereocenters. The second kappa shape index (κ2) is 6.98. The Bertz CT molecular complexity index is 911. The van der Waals surface area contributed by atoms with Crippen LogP contribution in [0.3, 0.4) is 0 Å². The summed E-state index contributed by atoms with van der Waals surface area (Å²) in [6.07, 6.45) is 0. The molecule has 0 bridgehead atoms. The number of aryl methyl sites for hydroxylation is 1. The van der Waals surface area contributed by atoms with Crippen molar-refractivity contribution in [3.63, 3.8) is 0 Å². The Morgan fingerprint density at radius 1 is 1.36 bits per heavy atom. The van der Waals surface area contributed by atoms with Crippen molar-refractivity contribution in [3.8, 4) is 10.7 Å². The van der Waals surface area contributed by atoms with Crippen molar-refractivity contribution < 1.29 is 14.3 Å². The Morgan fingerprint density at radius 3 is 2.84 bits per heavy atom. The van der Waals surface area contributed by atoms with Gasteiger partial charge in [0.15, 0.2) is 0 Å². The van der Waals surface area contributed by atoms with Gasteiger partial charge in [-0.2, -0.15) is 4.80 Å². The normalized spacial score (nSPS) is 10.8. The number of hydrogen-bond donors (Lipinski definition) is 1. The minimum Gasteiger partial charge on any atom is -0.462 e. The van der Waals surface area contributed by atoms with Gasteiger partial charge in [-0.3, -0.25) is 4.79 Å². The molecule has 0 aromatic carbocycles. The van der Waals surface area contributed by atoms with E-state index >= 15 is 0 Å². The summed E-state index contributed by atoms with van der Waals surface area (Å²) in [6, 6.07) is 3.78. The summed E-state index contributed by atoms with van der Waals surface area (Å²) in [5.41, 5.74) is 1.93. The molecule has 9 heteroatoms. The number of H-pyrrole nitrogens is 1. The minimum atomic E-state index is -0.438. The van der Waals surface area contributed by atoms with Crippen LogP contribution in [0.25, 0.3) is 10.7 Å². The van der Waals surface area contributed by atoms with E-state index in [1.54, 1.807) is 20.8 Å².